The van der Waals surface area contributed by atoms with Crippen molar-refractivity contribution in [3.8, 4) is 0 Å². The lowest BCUT2D eigenvalue weighted by atomic mass is 10.3. The van der Waals surface area contributed by atoms with Crippen molar-refractivity contribution in [1.82, 2.24) is 20.3 Å². The fourth-order valence-corrected chi connectivity index (χ4v) is 2.36. The van der Waals surface area contributed by atoms with Gasteiger partial charge in [0.05, 0.1) is 30.3 Å². The molecule has 0 aliphatic rings. The van der Waals surface area contributed by atoms with E-state index in [1.54, 1.807) is 6.20 Å². The maximum atomic E-state index is 12.1. The van der Waals surface area contributed by atoms with Crippen molar-refractivity contribution in [2.75, 3.05) is 5.32 Å². The lowest BCUT2D eigenvalue weighted by molar-refractivity contribution is 0.0945. The number of carbonyl (C=O) groups is 1. The van der Waals surface area contributed by atoms with Crippen LogP contribution in [0.2, 0.25) is 0 Å². The molecular formula is C17H14BrN5O. The smallest absolute Gasteiger partial charge is 0.271 e. The average molecular weight is 384 g/mol. The molecule has 3 aromatic rings. The number of anilines is 2. The summed E-state index contributed by atoms with van der Waals surface area (Å²) in [5.74, 6) is 0.267. The molecule has 2 heterocycles. The molecule has 0 bridgehead atoms. The van der Waals surface area contributed by atoms with Crippen LogP contribution >= 0.6 is 15.9 Å². The fraction of sp³-hybridized carbons (Fsp3) is 0.0588. The van der Waals surface area contributed by atoms with Gasteiger partial charge in [0.25, 0.3) is 5.91 Å². The number of pyridine rings is 1. The second kappa shape index (κ2) is 7.65. The topological polar surface area (TPSA) is 79.8 Å². The van der Waals surface area contributed by atoms with Crippen molar-refractivity contribution in [2.24, 2.45) is 0 Å². The third kappa shape index (κ3) is 4.14. The van der Waals surface area contributed by atoms with Crippen LogP contribution in [0.5, 0.6) is 0 Å². The van der Waals surface area contributed by atoms with Gasteiger partial charge in [-0.15, -0.1) is 0 Å². The van der Waals surface area contributed by atoms with Gasteiger partial charge in [0.1, 0.15) is 11.5 Å². The lowest BCUT2D eigenvalue weighted by Gasteiger charge is -2.08. The van der Waals surface area contributed by atoms with Crippen molar-refractivity contribution in [1.29, 1.82) is 0 Å². The number of carbonyl (C=O) groups excluding carboxylic acids is 1. The van der Waals surface area contributed by atoms with Gasteiger partial charge in [-0.2, -0.15) is 0 Å². The maximum absolute atomic E-state index is 12.1. The highest BCUT2D eigenvalue weighted by molar-refractivity contribution is 9.10. The second-order valence-corrected chi connectivity index (χ2v) is 5.75. The van der Waals surface area contributed by atoms with E-state index in [-0.39, 0.29) is 11.6 Å². The van der Waals surface area contributed by atoms with Crippen LogP contribution in [0.4, 0.5) is 11.5 Å². The number of aromatic nitrogens is 3. The number of hydrogen-bond acceptors (Lipinski definition) is 5. The van der Waals surface area contributed by atoms with Crippen LogP contribution in [0.15, 0.2) is 65.5 Å². The number of nitrogens with zero attached hydrogens (tertiary/aromatic N) is 3. The summed E-state index contributed by atoms with van der Waals surface area (Å²) in [6, 6.07) is 13.2. The molecule has 0 atom stereocenters. The van der Waals surface area contributed by atoms with Crippen molar-refractivity contribution in [3.63, 3.8) is 0 Å². The Labute approximate surface area is 147 Å². The largest absolute Gasteiger partial charge is 0.345 e. The molecule has 3 rings (SSSR count). The Morgan fingerprint density at radius 3 is 2.54 bits per heavy atom. The molecule has 0 saturated carbocycles. The first kappa shape index (κ1) is 16.1. The molecule has 0 aliphatic heterocycles. The number of para-hydroxylation sites is 1. The summed E-state index contributed by atoms with van der Waals surface area (Å²) in [6.45, 7) is 0.346. The minimum atomic E-state index is -0.291. The molecule has 24 heavy (non-hydrogen) atoms. The predicted molar refractivity (Wildman–Crippen MR) is 94.9 cm³/mol. The summed E-state index contributed by atoms with van der Waals surface area (Å²) in [5, 5.41) is 5.90. The number of halogens is 1. The molecule has 2 N–H and O–H groups in total. The highest BCUT2D eigenvalue weighted by atomic mass is 79.9. The lowest BCUT2D eigenvalue weighted by Crippen LogP contribution is -2.24. The normalized spacial score (nSPS) is 10.2. The molecule has 7 heteroatoms. The molecule has 120 valence electrons. The number of rotatable bonds is 5. The van der Waals surface area contributed by atoms with E-state index in [1.807, 2.05) is 42.5 Å². The van der Waals surface area contributed by atoms with Crippen LogP contribution in [0.1, 0.15) is 16.2 Å². The van der Waals surface area contributed by atoms with Gasteiger partial charge in [0, 0.05) is 10.7 Å². The summed E-state index contributed by atoms with van der Waals surface area (Å²) in [6.07, 6.45) is 4.64. The third-order valence-electron chi connectivity index (χ3n) is 3.18. The van der Waals surface area contributed by atoms with Gasteiger partial charge < -0.3 is 10.6 Å². The Kier molecular flexibility index (Phi) is 5.12. The van der Waals surface area contributed by atoms with Gasteiger partial charge >= 0.3 is 0 Å². The van der Waals surface area contributed by atoms with Crippen molar-refractivity contribution < 1.29 is 4.79 Å². The highest BCUT2D eigenvalue weighted by Crippen LogP contribution is 2.23. The van der Waals surface area contributed by atoms with Crippen LogP contribution in [0.3, 0.4) is 0 Å². The first-order valence-electron chi connectivity index (χ1n) is 7.24. The van der Waals surface area contributed by atoms with Gasteiger partial charge in [0.15, 0.2) is 0 Å². The number of hydrogen-bond donors (Lipinski definition) is 2. The first-order valence-corrected chi connectivity index (χ1v) is 8.03. The molecule has 0 fully saturated rings. The maximum Gasteiger partial charge on any atom is 0.271 e. The molecule has 0 saturated heterocycles. The number of nitrogens with one attached hydrogen (secondary N) is 2. The van der Waals surface area contributed by atoms with Crippen molar-refractivity contribution >= 4 is 33.3 Å². The van der Waals surface area contributed by atoms with Crippen LogP contribution in [-0.4, -0.2) is 20.9 Å². The van der Waals surface area contributed by atoms with E-state index in [2.05, 4.69) is 41.5 Å². The molecule has 0 spiro atoms. The van der Waals surface area contributed by atoms with E-state index in [1.165, 1.54) is 12.4 Å². The average Bonchev–Trinajstić information content (AvgIpc) is 2.63. The summed E-state index contributed by atoms with van der Waals surface area (Å²) in [4.78, 5) is 24.6. The standard InChI is InChI=1S/C17H14BrN5O/c18-13-6-1-2-7-14(13)23-16-11-20-15(10-21-16)17(24)22-9-12-5-3-4-8-19-12/h1-8,10-11H,9H2,(H,21,23)(H,22,24). The van der Waals surface area contributed by atoms with E-state index < -0.39 is 0 Å². The van der Waals surface area contributed by atoms with E-state index in [0.717, 1.165) is 15.9 Å². The van der Waals surface area contributed by atoms with Gasteiger partial charge in [-0.1, -0.05) is 18.2 Å². The first-order chi connectivity index (χ1) is 11.7. The quantitative estimate of drug-likeness (QED) is 0.706. The monoisotopic (exact) mass is 383 g/mol. The van der Waals surface area contributed by atoms with Crippen LogP contribution < -0.4 is 10.6 Å². The number of amides is 1. The zero-order valence-corrected chi connectivity index (χ0v) is 14.2. The Morgan fingerprint density at radius 1 is 1.00 bits per heavy atom. The zero-order chi connectivity index (χ0) is 16.8. The SMILES string of the molecule is O=C(NCc1ccccn1)c1cnc(Nc2ccccc2Br)cn1. The highest BCUT2D eigenvalue weighted by Gasteiger charge is 2.08. The van der Waals surface area contributed by atoms with E-state index >= 15 is 0 Å². The van der Waals surface area contributed by atoms with Gasteiger partial charge in [-0.25, -0.2) is 9.97 Å². The molecule has 0 aliphatic carbocycles. The Hall–Kier alpha value is -2.80. The Balaban J connectivity index is 1.61. The summed E-state index contributed by atoms with van der Waals surface area (Å²) in [7, 11) is 0. The zero-order valence-electron chi connectivity index (χ0n) is 12.6. The fourth-order valence-electron chi connectivity index (χ4n) is 1.97. The third-order valence-corrected chi connectivity index (χ3v) is 3.87. The Bertz CT molecular complexity index is 824. The van der Waals surface area contributed by atoms with Gasteiger partial charge in [-0.05, 0) is 40.2 Å². The Morgan fingerprint density at radius 2 is 1.83 bits per heavy atom. The van der Waals surface area contributed by atoms with Crippen molar-refractivity contribution in [2.45, 2.75) is 6.54 Å². The van der Waals surface area contributed by atoms with Crippen molar-refractivity contribution in [3.05, 3.63) is 76.9 Å². The molecule has 1 amide bonds. The molecule has 0 radical (unpaired) electrons. The molecule has 0 unspecified atom stereocenters. The van der Waals surface area contributed by atoms with Crippen LogP contribution in [-0.2, 0) is 6.54 Å². The minimum absolute atomic E-state index is 0.253. The summed E-state index contributed by atoms with van der Waals surface area (Å²) in [5.41, 5.74) is 1.91. The summed E-state index contributed by atoms with van der Waals surface area (Å²) < 4.78 is 0.920. The van der Waals surface area contributed by atoms with Gasteiger partial charge in [0.2, 0.25) is 0 Å². The van der Waals surface area contributed by atoms with E-state index in [9.17, 15) is 4.79 Å². The summed E-state index contributed by atoms with van der Waals surface area (Å²) >= 11 is 3.45. The predicted octanol–water partition coefficient (Wildman–Crippen LogP) is 3.31. The number of benzene rings is 1. The molecular weight excluding hydrogens is 370 g/mol. The minimum Gasteiger partial charge on any atom is -0.345 e. The van der Waals surface area contributed by atoms with Crippen LogP contribution in [0, 0.1) is 0 Å². The van der Waals surface area contributed by atoms with E-state index in [0.29, 0.717) is 12.4 Å². The van der Waals surface area contributed by atoms with Crippen LogP contribution in [0.25, 0.3) is 0 Å². The molecule has 1 aromatic carbocycles. The molecule has 2 aromatic heterocycles. The van der Waals surface area contributed by atoms with E-state index in [4.69, 9.17) is 0 Å². The molecule has 6 nitrogen and oxygen atoms in total. The van der Waals surface area contributed by atoms with Gasteiger partial charge in [-0.3, -0.25) is 9.78 Å². The second-order valence-electron chi connectivity index (χ2n) is 4.90.